The SMILES string of the molecule is CCc1oc2ccccc2c1C[NH+](C)CN1C(=O)[C@H]2CCCC[C@H]2C1=O. The fourth-order valence-corrected chi connectivity index (χ4v) is 4.64. The molecule has 3 atom stereocenters. The van der Waals surface area contributed by atoms with E-state index in [0.29, 0.717) is 6.67 Å². The molecule has 1 saturated heterocycles. The molecule has 26 heavy (non-hydrogen) atoms. The molecule has 0 bridgehead atoms. The van der Waals surface area contributed by atoms with Gasteiger partial charge in [0.1, 0.15) is 17.9 Å². The van der Waals surface area contributed by atoms with Crippen molar-refractivity contribution in [2.75, 3.05) is 13.7 Å². The van der Waals surface area contributed by atoms with E-state index < -0.39 is 0 Å². The van der Waals surface area contributed by atoms with Crippen molar-refractivity contribution >= 4 is 22.8 Å². The first-order valence-corrected chi connectivity index (χ1v) is 9.76. The number of hydrogen-bond acceptors (Lipinski definition) is 3. The van der Waals surface area contributed by atoms with Crippen LogP contribution < -0.4 is 4.90 Å². The molecule has 1 aromatic heterocycles. The predicted molar refractivity (Wildman–Crippen MR) is 98.4 cm³/mol. The summed E-state index contributed by atoms with van der Waals surface area (Å²) in [6.45, 7) is 3.27. The van der Waals surface area contributed by atoms with E-state index in [1.54, 1.807) is 0 Å². The number of rotatable bonds is 5. The van der Waals surface area contributed by atoms with Crippen LogP contribution in [0.4, 0.5) is 0 Å². The Morgan fingerprint density at radius 3 is 2.42 bits per heavy atom. The first-order valence-electron chi connectivity index (χ1n) is 9.76. The molecule has 1 N–H and O–H groups in total. The summed E-state index contributed by atoms with van der Waals surface area (Å²) in [6.07, 6.45) is 4.71. The van der Waals surface area contributed by atoms with Crippen LogP contribution in [0.1, 0.15) is 43.9 Å². The van der Waals surface area contributed by atoms with Crippen LogP contribution in [0.2, 0.25) is 0 Å². The summed E-state index contributed by atoms with van der Waals surface area (Å²) in [7, 11) is 2.05. The highest BCUT2D eigenvalue weighted by atomic mass is 16.3. The average Bonchev–Trinajstić information content (AvgIpc) is 3.13. The lowest BCUT2D eigenvalue weighted by Crippen LogP contribution is -3.09. The number of nitrogens with zero attached hydrogens (tertiary/aromatic N) is 1. The number of imide groups is 1. The summed E-state index contributed by atoms with van der Waals surface area (Å²) in [6, 6.07) is 8.08. The standard InChI is InChI=1S/C21H26N2O3/c1-3-18-17(14-8-6-7-11-19(14)26-18)12-22(2)13-23-20(24)15-9-4-5-10-16(15)21(23)25/h6-8,11,15-16H,3-5,9-10,12-13H2,1-2H3/p+1/t15-,16+. The molecule has 2 heterocycles. The van der Waals surface area contributed by atoms with Gasteiger partial charge in [-0.3, -0.25) is 9.59 Å². The first kappa shape index (κ1) is 17.3. The molecule has 1 aromatic carbocycles. The van der Waals surface area contributed by atoms with Gasteiger partial charge in [0.05, 0.1) is 24.4 Å². The number of nitrogens with one attached hydrogen (secondary N) is 1. The van der Waals surface area contributed by atoms with Crippen molar-refractivity contribution in [1.29, 1.82) is 0 Å². The van der Waals surface area contributed by atoms with Gasteiger partial charge in [0.2, 0.25) is 11.8 Å². The summed E-state index contributed by atoms with van der Waals surface area (Å²) < 4.78 is 5.98. The molecule has 1 aliphatic heterocycles. The van der Waals surface area contributed by atoms with Crippen LogP contribution in [-0.2, 0) is 22.6 Å². The summed E-state index contributed by atoms with van der Waals surface area (Å²) in [5.41, 5.74) is 2.10. The van der Waals surface area contributed by atoms with Crippen LogP contribution in [0.15, 0.2) is 28.7 Å². The summed E-state index contributed by atoms with van der Waals surface area (Å²) in [5.74, 6) is 0.965. The first-order chi connectivity index (χ1) is 12.6. The second-order valence-electron chi connectivity index (χ2n) is 7.75. The van der Waals surface area contributed by atoms with Crippen molar-refractivity contribution in [2.45, 2.75) is 45.6 Å². The monoisotopic (exact) mass is 355 g/mol. The Kier molecular flexibility index (Phi) is 4.57. The van der Waals surface area contributed by atoms with E-state index in [4.69, 9.17) is 4.42 Å². The number of benzene rings is 1. The number of aryl methyl sites for hydroxylation is 1. The van der Waals surface area contributed by atoms with Crippen LogP contribution in [0.5, 0.6) is 0 Å². The van der Waals surface area contributed by atoms with Gasteiger partial charge in [0.15, 0.2) is 6.67 Å². The van der Waals surface area contributed by atoms with Gasteiger partial charge >= 0.3 is 0 Å². The Morgan fingerprint density at radius 1 is 1.12 bits per heavy atom. The van der Waals surface area contributed by atoms with Gasteiger partial charge in [0.25, 0.3) is 0 Å². The minimum atomic E-state index is -0.0648. The zero-order chi connectivity index (χ0) is 18.3. The van der Waals surface area contributed by atoms with E-state index >= 15 is 0 Å². The number of quaternary nitrogens is 1. The molecule has 5 nitrogen and oxygen atoms in total. The number of likely N-dealkylation sites (tertiary alicyclic amines) is 1. The minimum absolute atomic E-state index is 0.0480. The fourth-order valence-electron chi connectivity index (χ4n) is 4.64. The lowest BCUT2D eigenvalue weighted by molar-refractivity contribution is -0.901. The summed E-state index contributed by atoms with van der Waals surface area (Å²) in [4.78, 5) is 28.0. The molecule has 1 unspecified atom stereocenters. The van der Waals surface area contributed by atoms with E-state index in [2.05, 4.69) is 13.0 Å². The van der Waals surface area contributed by atoms with Crippen molar-refractivity contribution in [3.05, 3.63) is 35.6 Å². The number of carbonyl (C=O) groups is 2. The molecular weight excluding hydrogens is 328 g/mol. The van der Waals surface area contributed by atoms with Gasteiger partial charge in [0, 0.05) is 11.8 Å². The van der Waals surface area contributed by atoms with Gasteiger partial charge in [-0.25, -0.2) is 4.90 Å². The second kappa shape index (κ2) is 6.88. The van der Waals surface area contributed by atoms with E-state index in [1.165, 1.54) is 10.5 Å². The number of fused-ring (bicyclic) bond motifs is 2. The van der Waals surface area contributed by atoms with Gasteiger partial charge < -0.3 is 9.32 Å². The van der Waals surface area contributed by atoms with Gasteiger partial charge in [-0.1, -0.05) is 38.0 Å². The lowest BCUT2D eigenvalue weighted by Gasteiger charge is -2.20. The third kappa shape index (κ3) is 2.84. The quantitative estimate of drug-likeness (QED) is 0.836. The van der Waals surface area contributed by atoms with Crippen molar-refractivity contribution < 1.29 is 18.9 Å². The highest BCUT2D eigenvalue weighted by molar-refractivity contribution is 6.05. The van der Waals surface area contributed by atoms with Crippen molar-refractivity contribution in [1.82, 2.24) is 4.90 Å². The maximum atomic E-state index is 12.7. The molecule has 2 fully saturated rings. The van der Waals surface area contributed by atoms with Gasteiger partial charge in [-0.15, -0.1) is 0 Å². The van der Waals surface area contributed by atoms with Crippen molar-refractivity contribution in [3.63, 3.8) is 0 Å². The maximum Gasteiger partial charge on any atom is 0.237 e. The van der Waals surface area contributed by atoms with Crippen LogP contribution in [0, 0.1) is 11.8 Å². The Morgan fingerprint density at radius 2 is 1.77 bits per heavy atom. The molecule has 0 spiro atoms. The Bertz CT molecular complexity index is 817. The Labute approximate surface area is 153 Å². The maximum absolute atomic E-state index is 12.7. The van der Waals surface area contributed by atoms with Gasteiger partial charge in [-0.05, 0) is 18.9 Å². The number of hydrogen-bond donors (Lipinski definition) is 1. The number of para-hydroxylation sites is 1. The molecule has 1 aliphatic carbocycles. The smallest absolute Gasteiger partial charge is 0.237 e. The van der Waals surface area contributed by atoms with Crippen LogP contribution >= 0.6 is 0 Å². The topological polar surface area (TPSA) is 55.0 Å². The molecule has 0 radical (unpaired) electrons. The Balaban J connectivity index is 1.52. The van der Waals surface area contributed by atoms with Crippen LogP contribution in [0.25, 0.3) is 11.0 Å². The van der Waals surface area contributed by atoms with Crippen LogP contribution in [0.3, 0.4) is 0 Å². The second-order valence-corrected chi connectivity index (χ2v) is 7.75. The molecule has 4 rings (SSSR count). The fraction of sp³-hybridized carbons (Fsp3) is 0.524. The molecule has 2 aromatic rings. The Hall–Kier alpha value is -2.14. The number of amides is 2. The zero-order valence-electron chi connectivity index (χ0n) is 15.6. The molecule has 5 heteroatoms. The van der Waals surface area contributed by atoms with Crippen molar-refractivity contribution in [2.24, 2.45) is 11.8 Å². The average molecular weight is 355 g/mol. The highest BCUT2D eigenvalue weighted by Crippen LogP contribution is 2.37. The summed E-state index contributed by atoms with van der Waals surface area (Å²) >= 11 is 0. The number of carbonyl (C=O) groups excluding carboxylic acids is 2. The predicted octanol–water partition coefficient (Wildman–Crippen LogP) is 2.14. The minimum Gasteiger partial charge on any atom is -0.461 e. The highest BCUT2D eigenvalue weighted by Gasteiger charge is 2.49. The van der Waals surface area contributed by atoms with E-state index in [1.807, 2.05) is 25.2 Å². The van der Waals surface area contributed by atoms with E-state index in [0.717, 1.165) is 60.3 Å². The van der Waals surface area contributed by atoms with E-state index in [-0.39, 0.29) is 23.7 Å². The molecular formula is C21H27N2O3+. The lowest BCUT2D eigenvalue weighted by atomic mass is 9.81. The zero-order valence-corrected chi connectivity index (χ0v) is 15.6. The third-order valence-electron chi connectivity index (χ3n) is 5.94. The molecule has 2 amide bonds. The summed E-state index contributed by atoms with van der Waals surface area (Å²) in [5, 5.41) is 1.14. The normalized spacial score (nSPS) is 24.3. The van der Waals surface area contributed by atoms with Gasteiger partial charge in [-0.2, -0.15) is 0 Å². The van der Waals surface area contributed by atoms with E-state index in [9.17, 15) is 9.59 Å². The van der Waals surface area contributed by atoms with Crippen LogP contribution in [-0.4, -0.2) is 30.4 Å². The van der Waals surface area contributed by atoms with Crippen molar-refractivity contribution in [3.8, 4) is 0 Å². The molecule has 2 aliphatic rings. The number of furan rings is 1. The molecule has 138 valence electrons. The largest absolute Gasteiger partial charge is 0.461 e. The third-order valence-corrected chi connectivity index (χ3v) is 5.94. The molecule has 1 saturated carbocycles.